The molecule has 0 N–H and O–H groups in total. The molecule has 3 heterocycles. The number of thiazole rings is 1. The molecule has 1 aliphatic rings. The van der Waals surface area contributed by atoms with E-state index in [0.717, 1.165) is 16.0 Å². The van der Waals surface area contributed by atoms with Crippen molar-refractivity contribution in [1.29, 1.82) is 0 Å². The zero-order chi connectivity index (χ0) is 22.0. The van der Waals surface area contributed by atoms with E-state index < -0.39 is 12.0 Å². The number of allylic oxidation sites excluding steroid dienone is 1. The van der Waals surface area contributed by atoms with Crippen LogP contribution in [0.2, 0.25) is 0 Å². The summed E-state index contributed by atoms with van der Waals surface area (Å²) in [5, 5.41) is 0. The average molecular weight is 452 g/mol. The number of esters is 1. The lowest BCUT2D eigenvalue weighted by Gasteiger charge is -2.24. The fourth-order valence-corrected chi connectivity index (χ4v) is 4.96. The molecule has 0 bridgehead atoms. The Morgan fingerprint density at radius 1 is 1.23 bits per heavy atom. The summed E-state index contributed by atoms with van der Waals surface area (Å²) in [5.74, 6) is -0.453. The van der Waals surface area contributed by atoms with Crippen molar-refractivity contribution in [3.63, 3.8) is 0 Å². The predicted molar refractivity (Wildman–Crippen MR) is 123 cm³/mol. The second-order valence-electron chi connectivity index (χ2n) is 6.86. The molecule has 158 valence electrons. The van der Waals surface area contributed by atoms with Crippen molar-refractivity contribution in [3.05, 3.63) is 90.9 Å². The van der Waals surface area contributed by atoms with Crippen molar-refractivity contribution < 1.29 is 9.53 Å². The van der Waals surface area contributed by atoms with Gasteiger partial charge in [-0.3, -0.25) is 14.3 Å². The summed E-state index contributed by atoms with van der Waals surface area (Å²) in [4.78, 5) is 36.6. The lowest BCUT2D eigenvalue weighted by atomic mass is 9.96. The molecule has 0 unspecified atom stereocenters. The van der Waals surface area contributed by atoms with Crippen molar-refractivity contribution in [3.8, 4) is 0 Å². The van der Waals surface area contributed by atoms with E-state index >= 15 is 0 Å². The second-order valence-corrected chi connectivity index (χ2v) is 8.74. The largest absolute Gasteiger partial charge is 0.463 e. The molecule has 0 spiro atoms. The van der Waals surface area contributed by atoms with Crippen LogP contribution in [-0.4, -0.2) is 28.4 Å². The molecule has 2 aromatic heterocycles. The highest BCUT2D eigenvalue weighted by Crippen LogP contribution is 2.31. The minimum absolute atomic E-state index is 0.186. The van der Waals surface area contributed by atoms with E-state index in [1.54, 1.807) is 42.6 Å². The molecule has 0 saturated heterocycles. The highest BCUT2D eigenvalue weighted by molar-refractivity contribution is 7.98. The van der Waals surface area contributed by atoms with E-state index in [9.17, 15) is 9.59 Å². The maximum atomic E-state index is 13.4. The molecule has 4 rings (SSSR count). The van der Waals surface area contributed by atoms with Crippen LogP contribution in [0.1, 0.15) is 31.0 Å². The third kappa shape index (κ3) is 4.13. The summed E-state index contributed by atoms with van der Waals surface area (Å²) in [6.07, 6.45) is 7.19. The standard InChI is InChI=1S/C23H21N3O3S2/c1-4-29-22(28)19-14(2)25-23-26(20(19)16-5-7-17(30-3)8-6-16)21(27)18(31-23)13-15-9-11-24-12-10-15/h5-13,20H,4H2,1-3H3/b18-13-/t20-/m1/s1. The number of pyridine rings is 1. The fourth-order valence-electron chi connectivity index (χ4n) is 3.50. The molecule has 8 heteroatoms. The Balaban J connectivity index is 1.95. The Hall–Kier alpha value is -2.97. The molecule has 1 aliphatic heterocycles. The summed E-state index contributed by atoms with van der Waals surface area (Å²) >= 11 is 2.95. The maximum absolute atomic E-state index is 13.4. The van der Waals surface area contributed by atoms with Gasteiger partial charge < -0.3 is 4.74 Å². The molecule has 1 aromatic carbocycles. The third-order valence-electron chi connectivity index (χ3n) is 4.95. The van der Waals surface area contributed by atoms with Gasteiger partial charge >= 0.3 is 5.97 Å². The van der Waals surface area contributed by atoms with Crippen LogP contribution in [-0.2, 0) is 9.53 Å². The number of rotatable bonds is 5. The molecule has 1 atom stereocenters. The Morgan fingerprint density at radius 3 is 2.58 bits per heavy atom. The van der Waals surface area contributed by atoms with Gasteiger partial charge in [0.05, 0.1) is 28.5 Å². The van der Waals surface area contributed by atoms with Crippen molar-refractivity contribution in [1.82, 2.24) is 9.55 Å². The molecule has 0 radical (unpaired) electrons. The first kappa shape index (κ1) is 21.3. The van der Waals surface area contributed by atoms with Gasteiger partial charge in [0.25, 0.3) is 5.56 Å². The summed E-state index contributed by atoms with van der Waals surface area (Å²) in [6.45, 7) is 3.80. The summed E-state index contributed by atoms with van der Waals surface area (Å²) in [5.41, 5.74) is 2.48. The van der Waals surface area contributed by atoms with Crippen LogP contribution in [0.5, 0.6) is 0 Å². The molecule has 6 nitrogen and oxygen atoms in total. The normalized spacial score (nSPS) is 16.1. The lowest BCUT2D eigenvalue weighted by Crippen LogP contribution is -2.39. The molecule has 3 aromatic rings. The molecule has 0 aliphatic carbocycles. The van der Waals surface area contributed by atoms with Crippen molar-refractivity contribution in [2.75, 3.05) is 12.9 Å². The smallest absolute Gasteiger partial charge is 0.338 e. The SMILES string of the molecule is CCOC(=O)C1=C(C)N=c2s/c(=C\c3ccncc3)c(=O)n2[C@@H]1c1ccc(SC)cc1. The lowest BCUT2D eigenvalue weighted by molar-refractivity contribution is -0.139. The van der Waals surface area contributed by atoms with Crippen LogP contribution in [0.15, 0.2) is 74.7 Å². The van der Waals surface area contributed by atoms with Crippen molar-refractivity contribution >= 4 is 35.1 Å². The van der Waals surface area contributed by atoms with E-state index in [-0.39, 0.29) is 12.2 Å². The van der Waals surface area contributed by atoms with Crippen LogP contribution in [0.4, 0.5) is 0 Å². The number of aromatic nitrogens is 2. The maximum Gasteiger partial charge on any atom is 0.338 e. The first-order valence-electron chi connectivity index (χ1n) is 9.77. The minimum Gasteiger partial charge on any atom is -0.463 e. The third-order valence-corrected chi connectivity index (χ3v) is 6.68. The first-order valence-corrected chi connectivity index (χ1v) is 11.8. The number of nitrogens with zero attached hydrogens (tertiary/aromatic N) is 3. The Kier molecular flexibility index (Phi) is 6.20. The zero-order valence-corrected chi connectivity index (χ0v) is 19.0. The molecular weight excluding hydrogens is 430 g/mol. The van der Waals surface area contributed by atoms with E-state index in [0.29, 0.717) is 20.6 Å². The van der Waals surface area contributed by atoms with E-state index in [1.165, 1.54) is 11.3 Å². The predicted octanol–water partition coefficient (Wildman–Crippen LogP) is 2.92. The fraction of sp³-hybridized carbons (Fsp3) is 0.217. The van der Waals surface area contributed by atoms with Gasteiger partial charge in [-0.15, -0.1) is 11.8 Å². The van der Waals surface area contributed by atoms with E-state index in [1.807, 2.05) is 48.7 Å². The number of hydrogen-bond donors (Lipinski definition) is 0. The zero-order valence-electron chi connectivity index (χ0n) is 17.4. The number of thioether (sulfide) groups is 1. The van der Waals surface area contributed by atoms with Crippen molar-refractivity contribution in [2.24, 2.45) is 4.99 Å². The Morgan fingerprint density at radius 2 is 1.94 bits per heavy atom. The van der Waals surface area contributed by atoms with Gasteiger partial charge in [-0.05, 0) is 61.6 Å². The molecular formula is C23H21N3O3S2. The number of carbonyl (C=O) groups is 1. The van der Waals surface area contributed by atoms with Crippen LogP contribution in [0.25, 0.3) is 6.08 Å². The summed E-state index contributed by atoms with van der Waals surface area (Å²) in [7, 11) is 0. The van der Waals surface area contributed by atoms with Gasteiger partial charge in [-0.25, -0.2) is 9.79 Å². The number of benzene rings is 1. The van der Waals surface area contributed by atoms with Crippen LogP contribution < -0.4 is 14.9 Å². The van der Waals surface area contributed by atoms with Crippen LogP contribution in [0, 0.1) is 0 Å². The number of ether oxygens (including phenoxy) is 1. The Bertz CT molecular complexity index is 1320. The van der Waals surface area contributed by atoms with E-state index in [4.69, 9.17) is 4.74 Å². The number of fused-ring (bicyclic) bond motifs is 1. The monoisotopic (exact) mass is 451 g/mol. The van der Waals surface area contributed by atoms with Gasteiger partial charge in [-0.2, -0.15) is 0 Å². The molecule has 0 amide bonds. The van der Waals surface area contributed by atoms with Gasteiger partial charge in [-0.1, -0.05) is 23.5 Å². The first-order chi connectivity index (χ1) is 15.0. The molecule has 0 saturated carbocycles. The summed E-state index contributed by atoms with van der Waals surface area (Å²) < 4.78 is 7.47. The Labute approximate surface area is 187 Å². The average Bonchev–Trinajstić information content (AvgIpc) is 3.08. The molecule has 31 heavy (non-hydrogen) atoms. The second kappa shape index (κ2) is 9.03. The van der Waals surface area contributed by atoms with Gasteiger partial charge in [0.15, 0.2) is 4.80 Å². The number of hydrogen-bond acceptors (Lipinski definition) is 7. The minimum atomic E-state index is -0.592. The van der Waals surface area contributed by atoms with Crippen molar-refractivity contribution in [2.45, 2.75) is 24.8 Å². The summed E-state index contributed by atoms with van der Waals surface area (Å²) in [6, 6.07) is 11.0. The molecule has 0 fully saturated rings. The highest BCUT2D eigenvalue weighted by atomic mass is 32.2. The topological polar surface area (TPSA) is 73.6 Å². The van der Waals surface area contributed by atoms with Crippen LogP contribution in [0.3, 0.4) is 0 Å². The van der Waals surface area contributed by atoms with Gasteiger partial charge in [0.2, 0.25) is 0 Å². The van der Waals surface area contributed by atoms with Gasteiger partial charge in [0, 0.05) is 17.3 Å². The highest BCUT2D eigenvalue weighted by Gasteiger charge is 2.33. The van der Waals surface area contributed by atoms with Gasteiger partial charge in [0.1, 0.15) is 0 Å². The van der Waals surface area contributed by atoms with Crippen LogP contribution >= 0.6 is 23.1 Å². The number of carbonyl (C=O) groups excluding carboxylic acids is 1. The quantitative estimate of drug-likeness (QED) is 0.441. The van der Waals surface area contributed by atoms with E-state index in [2.05, 4.69) is 9.98 Å².